The number of hydrogen-bond acceptors (Lipinski definition) is 3. The van der Waals surface area contributed by atoms with Crippen molar-refractivity contribution in [1.82, 2.24) is 10.8 Å². The number of hydroxylamine groups is 1. The summed E-state index contributed by atoms with van der Waals surface area (Å²) in [6.45, 7) is 0.521. The second kappa shape index (κ2) is 9.17. The number of anilines is 1. The Kier molecular flexibility index (Phi) is 7.46. The number of nitrogens with one attached hydrogen (secondary N) is 3. The Bertz CT molecular complexity index is 454. The van der Waals surface area contributed by atoms with Gasteiger partial charge in [0.05, 0.1) is 0 Å². The van der Waals surface area contributed by atoms with Crippen LogP contribution in [-0.4, -0.2) is 23.7 Å². The highest BCUT2D eigenvalue weighted by Gasteiger charge is 2.02. The summed E-state index contributed by atoms with van der Waals surface area (Å²) < 4.78 is 0. The Morgan fingerprint density at radius 2 is 2.00 bits per heavy atom. The Hall–Kier alpha value is -1.79. The first-order valence-corrected chi connectivity index (χ1v) is 6.73. The SMILES string of the molecule is O=C(CCCCCNC(=O)Nc1cccc(Cl)c1)NO. The van der Waals surface area contributed by atoms with Crippen LogP contribution in [0.25, 0.3) is 0 Å². The van der Waals surface area contributed by atoms with Crippen LogP contribution in [0.15, 0.2) is 24.3 Å². The van der Waals surface area contributed by atoms with Crippen LogP contribution >= 0.6 is 11.6 Å². The fraction of sp³-hybridized carbons (Fsp3) is 0.385. The van der Waals surface area contributed by atoms with Crippen LogP contribution in [0.3, 0.4) is 0 Å². The van der Waals surface area contributed by atoms with E-state index in [-0.39, 0.29) is 12.5 Å². The average molecular weight is 300 g/mol. The van der Waals surface area contributed by atoms with Gasteiger partial charge in [0.25, 0.3) is 0 Å². The molecule has 0 radical (unpaired) electrons. The molecule has 7 heteroatoms. The van der Waals surface area contributed by atoms with Gasteiger partial charge in [0.2, 0.25) is 5.91 Å². The number of amides is 3. The summed E-state index contributed by atoms with van der Waals surface area (Å²) in [5.74, 6) is -0.392. The first-order chi connectivity index (χ1) is 9.61. The van der Waals surface area contributed by atoms with Crippen molar-refractivity contribution in [1.29, 1.82) is 0 Å². The summed E-state index contributed by atoms with van der Waals surface area (Å²) in [7, 11) is 0. The van der Waals surface area contributed by atoms with Crippen molar-refractivity contribution in [2.75, 3.05) is 11.9 Å². The predicted molar refractivity (Wildman–Crippen MR) is 76.9 cm³/mol. The summed E-state index contributed by atoms with van der Waals surface area (Å²) in [6.07, 6.45) is 2.52. The van der Waals surface area contributed by atoms with Crippen LogP contribution in [0.1, 0.15) is 25.7 Å². The Labute approximate surface area is 122 Å². The van der Waals surface area contributed by atoms with Crippen LogP contribution in [0, 0.1) is 0 Å². The molecule has 0 aliphatic heterocycles. The Morgan fingerprint density at radius 1 is 1.20 bits per heavy atom. The minimum Gasteiger partial charge on any atom is -0.338 e. The van der Waals surface area contributed by atoms with E-state index in [1.807, 2.05) is 0 Å². The van der Waals surface area contributed by atoms with E-state index in [4.69, 9.17) is 16.8 Å². The summed E-state index contributed by atoms with van der Waals surface area (Å²) in [5.41, 5.74) is 2.21. The van der Waals surface area contributed by atoms with Gasteiger partial charge in [-0.3, -0.25) is 10.0 Å². The fourth-order valence-electron chi connectivity index (χ4n) is 1.59. The van der Waals surface area contributed by atoms with Gasteiger partial charge in [0.15, 0.2) is 0 Å². The third kappa shape index (κ3) is 6.96. The Morgan fingerprint density at radius 3 is 2.70 bits per heavy atom. The molecule has 1 rings (SSSR count). The molecule has 0 aliphatic rings. The van der Waals surface area contributed by atoms with Gasteiger partial charge in [0, 0.05) is 23.7 Å². The zero-order valence-electron chi connectivity index (χ0n) is 11.0. The molecule has 0 aromatic heterocycles. The number of hydrogen-bond donors (Lipinski definition) is 4. The summed E-state index contributed by atoms with van der Waals surface area (Å²) in [6, 6.07) is 6.60. The number of urea groups is 1. The number of carbonyl (C=O) groups is 2. The standard InChI is InChI=1S/C13H18ClN3O3/c14-10-5-4-6-11(9-10)16-13(19)15-8-3-1-2-7-12(18)17-20/h4-6,9,20H,1-3,7-8H2,(H,17,18)(H2,15,16,19). The van der Waals surface area contributed by atoms with Gasteiger partial charge < -0.3 is 10.6 Å². The molecule has 0 heterocycles. The van der Waals surface area contributed by atoms with Crippen molar-refractivity contribution >= 4 is 29.2 Å². The molecule has 0 atom stereocenters. The lowest BCUT2D eigenvalue weighted by Gasteiger charge is -2.07. The zero-order valence-corrected chi connectivity index (χ0v) is 11.7. The number of benzene rings is 1. The first-order valence-electron chi connectivity index (χ1n) is 6.35. The molecule has 0 unspecified atom stereocenters. The van der Waals surface area contributed by atoms with Gasteiger partial charge in [-0.05, 0) is 31.0 Å². The molecule has 0 bridgehead atoms. The second-order valence-corrected chi connectivity index (χ2v) is 4.67. The molecule has 1 aromatic rings. The highest BCUT2D eigenvalue weighted by atomic mass is 35.5. The number of unbranched alkanes of at least 4 members (excludes halogenated alkanes) is 2. The molecular formula is C13H18ClN3O3. The molecule has 0 saturated carbocycles. The number of carbonyl (C=O) groups excluding carboxylic acids is 2. The second-order valence-electron chi connectivity index (χ2n) is 4.24. The van der Waals surface area contributed by atoms with E-state index in [1.165, 1.54) is 0 Å². The maximum Gasteiger partial charge on any atom is 0.319 e. The maximum atomic E-state index is 11.5. The molecule has 3 amide bonds. The molecule has 0 saturated heterocycles. The van der Waals surface area contributed by atoms with Crippen LogP contribution in [-0.2, 0) is 4.79 Å². The van der Waals surface area contributed by atoms with Gasteiger partial charge in [-0.15, -0.1) is 0 Å². The van der Waals surface area contributed by atoms with Gasteiger partial charge >= 0.3 is 6.03 Å². The van der Waals surface area contributed by atoms with E-state index in [1.54, 1.807) is 29.7 Å². The molecule has 20 heavy (non-hydrogen) atoms. The predicted octanol–water partition coefficient (Wildman–Crippen LogP) is 2.53. The lowest BCUT2D eigenvalue weighted by Crippen LogP contribution is -2.29. The normalized spacial score (nSPS) is 9.90. The van der Waals surface area contributed by atoms with Crippen molar-refractivity contribution in [3.8, 4) is 0 Å². The summed E-state index contributed by atoms with van der Waals surface area (Å²) in [5, 5.41) is 14.2. The number of halogens is 1. The van der Waals surface area contributed by atoms with Crippen LogP contribution < -0.4 is 16.1 Å². The van der Waals surface area contributed by atoms with E-state index in [2.05, 4.69) is 10.6 Å². The zero-order chi connectivity index (χ0) is 14.8. The minimum absolute atomic E-state index is 0.283. The third-order valence-corrected chi connectivity index (χ3v) is 2.81. The Balaban J connectivity index is 2.10. The lowest BCUT2D eigenvalue weighted by molar-refractivity contribution is -0.129. The lowest BCUT2D eigenvalue weighted by atomic mass is 10.2. The van der Waals surface area contributed by atoms with E-state index >= 15 is 0 Å². The van der Waals surface area contributed by atoms with Crippen LogP contribution in [0.2, 0.25) is 5.02 Å². The van der Waals surface area contributed by atoms with Crippen molar-refractivity contribution in [2.45, 2.75) is 25.7 Å². The molecule has 0 fully saturated rings. The highest BCUT2D eigenvalue weighted by Crippen LogP contribution is 2.14. The van der Waals surface area contributed by atoms with E-state index in [0.717, 1.165) is 12.8 Å². The third-order valence-electron chi connectivity index (χ3n) is 2.57. The maximum absolute atomic E-state index is 11.5. The minimum atomic E-state index is -0.392. The van der Waals surface area contributed by atoms with E-state index in [0.29, 0.717) is 23.7 Å². The smallest absolute Gasteiger partial charge is 0.319 e. The molecule has 1 aromatic carbocycles. The summed E-state index contributed by atoms with van der Waals surface area (Å²) >= 11 is 5.81. The van der Waals surface area contributed by atoms with E-state index in [9.17, 15) is 9.59 Å². The van der Waals surface area contributed by atoms with Crippen molar-refractivity contribution < 1.29 is 14.8 Å². The quantitative estimate of drug-likeness (QED) is 0.354. The van der Waals surface area contributed by atoms with Gasteiger partial charge in [-0.25, -0.2) is 10.3 Å². The monoisotopic (exact) mass is 299 g/mol. The van der Waals surface area contributed by atoms with Gasteiger partial charge in [-0.2, -0.15) is 0 Å². The molecule has 0 spiro atoms. The highest BCUT2D eigenvalue weighted by molar-refractivity contribution is 6.30. The van der Waals surface area contributed by atoms with Crippen molar-refractivity contribution in [3.63, 3.8) is 0 Å². The largest absolute Gasteiger partial charge is 0.338 e. The molecule has 4 N–H and O–H groups in total. The molecule has 110 valence electrons. The molecular weight excluding hydrogens is 282 g/mol. The van der Waals surface area contributed by atoms with Gasteiger partial charge in [0.1, 0.15) is 0 Å². The fourth-order valence-corrected chi connectivity index (χ4v) is 1.78. The average Bonchev–Trinajstić information content (AvgIpc) is 2.42. The van der Waals surface area contributed by atoms with Crippen LogP contribution in [0.4, 0.5) is 10.5 Å². The van der Waals surface area contributed by atoms with Gasteiger partial charge in [-0.1, -0.05) is 24.1 Å². The number of rotatable bonds is 7. The molecule has 6 nitrogen and oxygen atoms in total. The van der Waals surface area contributed by atoms with Crippen molar-refractivity contribution in [2.24, 2.45) is 0 Å². The topological polar surface area (TPSA) is 90.5 Å². The molecule has 0 aliphatic carbocycles. The van der Waals surface area contributed by atoms with Crippen molar-refractivity contribution in [3.05, 3.63) is 29.3 Å². The van der Waals surface area contributed by atoms with Crippen LogP contribution in [0.5, 0.6) is 0 Å². The first kappa shape index (κ1) is 16.3. The van der Waals surface area contributed by atoms with E-state index < -0.39 is 5.91 Å². The summed E-state index contributed by atoms with van der Waals surface area (Å²) in [4.78, 5) is 22.3.